The number of hydrogen-bond acceptors (Lipinski definition) is 4. The highest BCUT2D eigenvalue weighted by atomic mass is 79.9. The zero-order valence-corrected chi connectivity index (χ0v) is 18.9. The topological polar surface area (TPSA) is 63.4 Å². The average Bonchev–Trinajstić information content (AvgIpc) is 3.02. The van der Waals surface area contributed by atoms with Crippen LogP contribution in [0.5, 0.6) is 0 Å². The molecule has 0 saturated carbocycles. The molecule has 1 aliphatic heterocycles. The van der Waals surface area contributed by atoms with Crippen LogP contribution in [0.15, 0.2) is 68.4 Å². The Labute approximate surface area is 187 Å². The molecule has 154 valence electrons. The summed E-state index contributed by atoms with van der Waals surface area (Å²) in [6, 6.07) is 14.4. The second-order valence-electron chi connectivity index (χ2n) is 7.93. The first-order chi connectivity index (χ1) is 14.8. The van der Waals surface area contributed by atoms with Crippen LogP contribution < -0.4 is 10.3 Å². The number of carbonyl (C=O) groups excluding carboxylic acids is 1. The molecule has 2 aromatic carbocycles. The first kappa shape index (κ1) is 19.7. The highest BCUT2D eigenvalue weighted by Crippen LogP contribution is 2.41. The van der Waals surface area contributed by atoms with E-state index in [9.17, 15) is 9.59 Å². The van der Waals surface area contributed by atoms with Gasteiger partial charge in [0.05, 0.1) is 17.0 Å². The summed E-state index contributed by atoms with van der Waals surface area (Å²) in [6.45, 7) is 5.86. The lowest BCUT2D eigenvalue weighted by atomic mass is 9.97. The number of nitrogens with zero attached hydrogens (tertiary/aromatic N) is 2. The van der Waals surface area contributed by atoms with E-state index in [1.165, 1.54) is 0 Å². The van der Waals surface area contributed by atoms with Crippen molar-refractivity contribution >= 4 is 38.6 Å². The third-order valence-corrected chi connectivity index (χ3v) is 6.29. The van der Waals surface area contributed by atoms with Gasteiger partial charge in [-0.15, -0.1) is 0 Å². The van der Waals surface area contributed by atoms with Crippen LogP contribution >= 0.6 is 15.9 Å². The summed E-state index contributed by atoms with van der Waals surface area (Å²) in [5, 5.41) is 0.480. The largest absolute Gasteiger partial charge is 0.450 e. The van der Waals surface area contributed by atoms with Crippen molar-refractivity contribution in [3.8, 4) is 0 Å². The van der Waals surface area contributed by atoms with Gasteiger partial charge >= 0.3 is 0 Å². The smallest absolute Gasteiger partial charge is 0.296 e. The Morgan fingerprint density at radius 1 is 1.00 bits per heavy atom. The first-order valence-electron chi connectivity index (χ1n) is 9.95. The highest BCUT2D eigenvalue weighted by molar-refractivity contribution is 9.10. The fraction of sp³-hybridized carbons (Fsp3) is 0.160. The molecule has 5 rings (SSSR count). The van der Waals surface area contributed by atoms with E-state index in [2.05, 4.69) is 20.9 Å². The van der Waals surface area contributed by atoms with Gasteiger partial charge in [-0.05, 0) is 79.4 Å². The summed E-state index contributed by atoms with van der Waals surface area (Å²) < 4.78 is 6.93. The fourth-order valence-electron chi connectivity index (χ4n) is 4.11. The SMILES string of the molecule is Cc1ccnc(N2C(=O)c3oc4cc(C)c(C)cc4c(=O)c3[C@@H]2c2cccc(Br)c2)c1. The van der Waals surface area contributed by atoms with E-state index >= 15 is 0 Å². The number of anilines is 1. The molecule has 0 unspecified atom stereocenters. The molecule has 31 heavy (non-hydrogen) atoms. The molecule has 0 spiro atoms. The maximum absolute atomic E-state index is 13.7. The number of hydrogen-bond donors (Lipinski definition) is 0. The molecule has 1 amide bonds. The number of halogens is 1. The number of amides is 1. The van der Waals surface area contributed by atoms with Crippen molar-refractivity contribution in [3.05, 3.63) is 103 Å². The van der Waals surface area contributed by atoms with Gasteiger partial charge in [0, 0.05) is 10.7 Å². The van der Waals surface area contributed by atoms with E-state index < -0.39 is 6.04 Å². The van der Waals surface area contributed by atoms with E-state index in [-0.39, 0.29) is 17.1 Å². The monoisotopic (exact) mass is 474 g/mol. The molecule has 2 aromatic heterocycles. The second kappa shape index (κ2) is 7.17. The van der Waals surface area contributed by atoms with Gasteiger partial charge in [0.15, 0.2) is 5.43 Å². The summed E-state index contributed by atoms with van der Waals surface area (Å²) in [7, 11) is 0. The molecular weight excluding hydrogens is 456 g/mol. The highest BCUT2D eigenvalue weighted by Gasteiger charge is 2.44. The van der Waals surface area contributed by atoms with Crippen molar-refractivity contribution in [2.24, 2.45) is 0 Å². The maximum Gasteiger partial charge on any atom is 0.296 e. The molecule has 0 bridgehead atoms. The van der Waals surface area contributed by atoms with Crippen LogP contribution in [0, 0.1) is 20.8 Å². The Morgan fingerprint density at radius 3 is 2.52 bits per heavy atom. The van der Waals surface area contributed by atoms with E-state index in [0.29, 0.717) is 22.4 Å². The minimum Gasteiger partial charge on any atom is -0.450 e. The Hall–Kier alpha value is -3.25. The summed E-state index contributed by atoms with van der Waals surface area (Å²) in [4.78, 5) is 33.2. The molecular formula is C25H19BrN2O3. The molecule has 4 aromatic rings. The maximum atomic E-state index is 13.7. The summed E-state index contributed by atoms with van der Waals surface area (Å²) >= 11 is 3.51. The van der Waals surface area contributed by atoms with Crippen molar-refractivity contribution < 1.29 is 9.21 Å². The zero-order chi connectivity index (χ0) is 21.9. The van der Waals surface area contributed by atoms with Gasteiger partial charge in [-0.3, -0.25) is 14.5 Å². The Bertz CT molecular complexity index is 1440. The van der Waals surface area contributed by atoms with Crippen molar-refractivity contribution in [3.63, 3.8) is 0 Å². The lowest BCUT2D eigenvalue weighted by Crippen LogP contribution is -2.30. The van der Waals surface area contributed by atoms with E-state index in [0.717, 1.165) is 26.7 Å². The van der Waals surface area contributed by atoms with Gasteiger partial charge in [-0.1, -0.05) is 28.1 Å². The number of aromatic nitrogens is 1. The minimum atomic E-state index is -0.628. The van der Waals surface area contributed by atoms with Crippen LogP contribution in [-0.2, 0) is 0 Å². The summed E-state index contributed by atoms with van der Waals surface area (Å²) in [5.74, 6) is 0.196. The second-order valence-corrected chi connectivity index (χ2v) is 8.85. The van der Waals surface area contributed by atoms with Crippen molar-refractivity contribution in [2.45, 2.75) is 26.8 Å². The molecule has 0 radical (unpaired) electrons. The molecule has 0 N–H and O–H groups in total. The molecule has 1 atom stereocenters. The number of fused-ring (bicyclic) bond motifs is 2. The number of rotatable bonds is 2. The van der Waals surface area contributed by atoms with Crippen molar-refractivity contribution in [2.75, 3.05) is 4.90 Å². The van der Waals surface area contributed by atoms with Gasteiger partial charge in [0.1, 0.15) is 11.4 Å². The normalized spacial score (nSPS) is 15.5. The molecule has 0 fully saturated rings. The zero-order valence-electron chi connectivity index (χ0n) is 17.3. The molecule has 0 aliphatic carbocycles. The van der Waals surface area contributed by atoms with Crippen molar-refractivity contribution in [1.29, 1.82) is 0 Å². The summed E-state index contributed by atoms with van der Waals surface area (Å²) in [5.41, 5.74) is 4.36. The Kier molecular flexibility index (Phi) is 4.55. The lowest BCUT2D eigenvalue weighted by molar-refractivity contribution is 0.0970. The molecule has 5 nitrogen and oxygen atoms in total. The first-order valence-corrected chi connectivity index (χ1v) is 10.7. The lowest BCUT2D eigenvalue weighted by Gasteiger charge is -2.24. The van der Waals surface area contributed by atoms with Crippen LogP contribution in [0.4, 0.5) is 5.82 Å². The number of pyridine rings is 1. The predicted molar refractivity (Wildman–Crippen MR) is 124 cm³/mol. The minimum absolute atomic E-state index is 0.0778. The van der Waals surface area contributed by atoms with Gasteiger partial charge in [-0.25, -0.2) is 4.98 Å². The van der Waals surface area contributed by atoms with Crippen LogP contribution in [0.3, 0.4) is 0 Å². The molecule has 1 aliphatic rings. The van der Waals surface area contributed by atoms with Gasteiger partial charge in [-0.2, -0.15) is 0 Å². The molecule has 6 heteroatoms. The number of aryl methyl sites for hydroxylation is 3. The number of carbonyl (C=O) groups is 1. The third kappa shape index (κ3) is 3.10. The van der Waals surface area contributed by atoms with Crippen LogP contribution in [0.1, 0.15) is 44.4 Å². The number of benzene rings is 2. The standard InChI is InChI=1S/C25H19BrN2O3/c1-13-7-8-27-20(9-13)28-22(16-5-4-6-17(26)12-16)21-23(29)18-10-14(2)15(3)11-19(18)31-24(21)25(28)30/h4-12,22H,1-3H3/t22-/m0/s1. The quantitative estimate of drug-likeness (QED) is 0.377. The average molecular weight is 475 g/mol. The van der Waals surface area contributed by atoms with E-state index in [1.807, 2.05) is 69.3 Å². The van der Waals surface area contributed by atoms with Gasteiger partial charge < -0.3 is 4.42 Å². The van der Waals surface area contributed by atoms with Crippen molar-refractivity contribution in [1.82, 2.24) is 4.98 Å². The van der Waals surface area contributed by atoms with Gasteiger partial charge in [0.2, 0.25) is 5.76 Å². The fourth-order valence-corrected chi connectivity index (χ4v) is 4.53. The van der Waals surface area contributed by atoms with Gasteiger partial charge in [0.25, 0.3) is 5.91 Å². The van der Waals surface area contributed by atoms with E-state index in [1.54, 1.807) is 11.1 Å². The van der Waals surface area contributed by atoms with Crippen LogP contribution in [0.2, 0.25) is 0 Å². The predicted octanol–water partition coefficient (Wildman–Crippen LogP) is 5.63. The third-order valence-electron chi connectivity index (χ3n) is 5.80. The van der Waals surface area contributed by atoms with Crippen LogP contribution in [-0.4, -0.2) is 10.9 Å². The Morgan fingerprint density at radius 2 is 1.77 bits per heavy atom. The molecule has 0 saturated heterocycles. The molecule has 3 heterocycles. The Balaban J connectivity index is 1.85. The van der Waals surface area contributed by atoms with Crippen LogP contribution in [0.25, 0.3) is 11.0 Å². The summed E-state index contributed by atoms with van der Waals surface area (Å²) in [6.07, 6.45) is 1.66. The van der Waals surface area contributed by atoms with E-state index in [4.69, 9.17) is 4.42 Å².